The second-order valence-corrected chi connectivity index (χ2v) is 7.57. The Hall–Kier alpha value is -1.34. The van der Waals surface area contributed by atoms with Gasteiger partial charge < -0.3 is 19.7 Å². The monoisotopic (exact) mass is 388 g/mol. The molecule has 2 N–H and O–H groups in total. The van der Waals surface area contributed by atoms with Gasteiger partial charge >= 0.3 is 5.97 Å². The van der Waals surface area contributed by atoms with Crippen molar-refractivity contribution >= 4 is 27.8 Å². The Labute approximate surface area is 145 Å². The molecule has 0 fully saturated rings. The summed E-state index contributed by atoms with van der Waals surface area (Å²) in [6.45, 7) is 9.86. The molecule has 1 aromatic rings. The summed E-state index contributed by atoms with van der Waals surface area (Å²) in [6, 6.07) is 0.786. The van der Waals surface area contributed by atoms with Crippen LogP contribution in [0.25, 0.3) is 0 Å². The molecule has 6 nitrogen and oxygen atoms in total. The van der Waals surface area contributed by atoms with Crippen molar-refractivity contribution in [1.82, 2.24) is 9.88 Å². The molecule has 1 aromatic heterocycles. The first-order valence-electron chi connectivity index (χ1n) is 7.56. The summed E-state index contributed by atoms with van der Waals surface area (Å²) < 4.78 is 8.11. The number of carbonyl (C=O) groups is 2. The third kappa shape index (κ3) is 6.35. The van der Waals surface area contributed by atoms with Gasteiger partial charge in [-0.05, 0) is 56.6 Å². The standard InChI is InChI=1S/C16H25BrN2O4/c1-10(2)19-9-11(17)8-13(19)14(20)18-12(15(21)22)6-7-23-16(3,4)5/h8-10,12H,6-7H2,1-5H3,(H,18,20)(H,21,22). The van der Waals surface area contributed by atoms with Crippen LogP contribution in [0.15, 0.2) is 16.7 Å². The highest BCUT2D eigenvalue weighted by Gasteiger charge is 2.24. The van der Waals surface area contributed by atoms with Crippen LogP contribution in [0.5, 0.6) is 0 Å². The maximum Gasteiger partial charge on any atom is 0.326 e. The van der Waals surface area contributed by atoms with E-state index in [1.54, 1.807) is 16.8 Å². The number of nitrogens with one attached hydrogen (secondary N) is 1. The van der Waals surface area contributed by atoms with Gasteiger partial charge in [-0.15, -0.1) is 0 Å². The van der Waals surface area contributed by atoms with Crippen molar-refractivity contribution in [2.75, 3.05) is 6.61 Å². The number of hydrogen-bond donors (Lipinski definition) is 2. The minimum absolute atomic E-state index is 0.0922. The van der Waals surface area contributed by atoms with Gasteiger partial charge in [-0.2, -0.15) is 0 Å². The molecule has 0 saturated heterocycles. The van der Waals surface area contributed by atoms with E-state index in [1.807, 2.05) is 34.6 Å². The highest BCUT2D eigenvalue weighted by Crippen LogP contribution is 2.19. The Morgan fingerprint density at radius 3 is 2.48 bits per heavy atom. The normalized spacial score (nSPS) is 13.2. The number of amides is 1. The van der Waals surface area contributed by atoms with Crippen LogP contribution < -0.4 is 5.32 Å². The van der Waals surface area contributed by atoms with Crippen LogP contribution in [0.1, 0.15) is 57.6 Å². The number of hydrogen-bond acceptors (Lipinski definition) is 3. The van der Waals surface area contributed by atoms with Gasteiger partial charge in [-0.1, -0.05) is 0 Å². The number of carboxylic acids is 1. The molecular weight excluding hydrogens is 364 g/mol. The second-order valence-electron chi connectivity index (χ2n) is 6.66. The van der Waals surface area contributed by atoms with E-state index in [0.717, 1.165) is 4.47 Å². The summed E-state index contributed by atoms with van der Waals surface area (Å²) >= 11 is 3.34. The highest BCUT2D eigenvalue weighted by molar-refractivity contribution is 9.10. The highest BCUT2D eigenvalue weighted by atomic mass is 79.9. The number of carbonyl (C=O) groups excluding carboxylic acids is 1. The molecule has 7 heteroatoms. The Balaban J connectivity index is 2.77. The lowest BCUT2D eigenvalue weighted by Crippen LogP contribution is -2.42. The number of nitrogens with zero attached hydrogens (tertiary/aromatic N) is 1. The molecule has 130 valence electrons. The van der Waals surface area contributed by atoms with Crippen LogP contribution in [-0.4, -0.2) is 39.8 Å². The van der Waals surface area contributed by atoms with Gasteiger partial charge in [-0.25, -0.2) is 4.79 Å². The van der Waals surface area contributed by atoms with Gasteiger partial charge in [0, 0.05) is 29.7 Å². The number of carboxylic acid groups (broad SMARTS) is 1. The summed E-state index contributed by atoms with van der Waals surface area (Å²) in [5, 5.41) is 11.9. The van der Waals surface area contributed by atoms with E-state index in [1.165, 1.54) is 0 Å². The van der Waals surface area contributed by atoms with Crippen molar-refractivity contribution in [2.45, 2.75) is 58.7 Å². The average Bonchev–Trinajstić information content (AvgIpc) is 2.78. The molecule has 0 spiro atoms. The lowest BCUT2D eigenvalue weighted by atomic mass is 10.1. The summed E-state index contributed by atoms with van der Waals surface area (Å²) in [5.74, 6) is -1.48. The van der Waals surface area contributed by atoms with Gasteiger partial charge in [0.15, 0.2) is 0 Å². The Morgan fingerprint density at radius 2 is 2.00 bits per heavy atom. The molecule has 0 bridgehead atoms. The SMILES string of the molecule is CC(C)n1cc(Br)cc1C(=O)NC(CCOC(C)(C)C)C(=O)O. The topological polar surface area (TPSA) is 80.6 Å². The fraction of sp³-hybridized carbons (Fsp3) is 0.625. The third-order valence-electron chi connectivity index (χ3n) is 3.15. The fourth-order valence-electron chi connectivity index (χ4n) is 2.03. The van der Waals surface area contributed by atoms with Crippen molar-refractivity contribution in [1.29, 1.82) is 0 Å². The van der Waals surface area contributed by atoms with Crippen LogP contribution in [-0.2, 0) is 9.53 Å². The van der Waals surface area contributed by atoms with Crippen LogP contribution in [0.4, 0.5) is 0 Å². The molecular formula is C16H25BrN2O4. The Bertz CT molecular complexity index is 561. The zero-order chi connectivity index (χ0) is 17.8. The van der Waals surface area contributed by atoms with Gasteiger partial charge in [-0.3, -0.25) is 4.79 Å². The maximum atomic E-state index is 12.4. The smallest absolute Gasteiger partial charge is 0.326 e. The van der Waals surface area contributed by atoms with Crippen molar-refractivity contribution < 1.29 is 19.4 Å². The van der Waals surface area contributed by atoms with E-state index >= 15 is 0 Å². The predicted molar refractivity (Wildman–Crippen MR) is 91.7 cm³/mol. The number of ether oxygens (including phenoxy) is 1. The molecule has 1 atom stereocenters. The van der Waals surface area contributed by atoms with Gasteiger partial charge in [0.25, 0.3) is 5.91 Å². The van der Waals surface area contributed by atoms with Crippen molar-refractivity contribution in [3.63, 3.8) is 0 Å². The molecule has 1 amide bonds. The lowest BCUT2D eigenvalue weighted by Gasteiger charge is -2.22. The molecule has 0 aliphatic carbocycles. The summed E-state index contributed by atoms with van der Waals surface area (Å²) in [7, 11) is 0. The molecule has 0 aliphatic rings. The summed E-state index contributed by atoms with van der Waals surface area (Å²) in [6.07, 6.45) is 2.01. The Kier molecular flexibility index (Phi) is 6.83. The van der Waals surface area contributed by atoms with Crippen molar-refractivity contribution in [2.24, 2.45) is 0 Å². The van der Waals surface area contributed by atoms with Crippen molar-refractivity contribution in [3.05, 3.63) is 22.4 Å². The quantitative estimate of drug-likeness (QED) is 0.751. The average molecular weight is 389 g/mol. The second kappa shape index (κ2) is 7.97. The number of aromatic nitrogens is 1. The number of aliphatic carboxylic acids is 1. The molecule has 1 unspecified atom stereocenters. The maximum absolute atomic E-state index is 12.4. The fourth-order valence-corrected chi connectivity index (χ4v) is 2.46. The molecule has 0 aliphatic heterocycles. The van der Waals surface area contributed by atoms with E-state index in [4.69, 9.17) is 4.74 Å². The van der Waals surface area contributed by atoms with Gasteiger partial charge in [0.2, 0.25) is 0 Å². The molecule has 0 saturated carbocycles. The van der Waals surface area contributed by atoms with Crippen LogP contribution in [0.2, 0.25) is 0 Å². The first-order valence-corrected chi connectivity index (χ1v) is 8.35. The number of halogens is 1. The third-order valence-corrected chi connectivity index (χ3v) is 3.58. The molecule has 0 radical (unpaired) electrons. The molecule has 0 aromatic carbocycles. The van der Waals surface area contributed by atoms with Gasteiger partial charge in [0.05, 0.1) is 5.60 Å². The molecule has 23 heavy (non-hydrogen) atoms. The lowest BCUT2D eigenvalue weighted by molar-refractivity contribution is -0.140. The van der Waals surface area contributed by atoms with Crippen LogP contribution >= 0.6 is 15.9 Å². The zero-order valence-corrected chi connectivity index (χ0v) is 15.8. The molecule has 1 heterocycles. The van der Waals surface area contributed by atoms with Crippen molar-refractivity contribution in [3.8, 4) is 0 Å². The van der Waals surface area contributed by atoms with E-state index in [0.29, 0.717) is 5.69 Å². The summed E-state index contributed by atoms with van der Waals surface area (Å²) in [5.41, 5.74) is 0.0828. The van der Waals surface area contributed by atoms with Crippen LogP contribution in [0, 0.1) is 0 Å². The van der Waals surface area contributed by atoms with E-state index in [9.17, 15) is 14.7 Å². The molecule has 1 rings (SSSR count). The Morgan fingerprint density at radius 1 is 1.39 bits per heavy atom. The first kappa shape index (κ1) is 19.7. The summed E-state index contributed by atoms with van der Waals surface area (Å²) in [4.78, 5) is 23.8. The largest absolute Gasteiger partial charge is 0.480 e. The first-order chi connectivity index (χ1) is 10.5. The van der Waals surface area contributed by atoms with E-state index in [-0.39, 0.29) is 24.7 Å². The van der Waals surface area contributed by atoms with E-state index in [2.05, 4.69) is 21.2 Å². The minimum Gasteiger partial charge on any atom is -0.480 e. The minimum atomic E-state index is -1.07. The van der Waals surface area contributed by atoms with E-state index < -0.39 is 17.9 Å². The number of rotatable bonds is 7. The predicted octanol–water partition coefficient (Wildman–Crippen LogP) is 3.22. The zero-order valence-electron chi connectivity index (χ0n) is 14.2. The van der Waals surface area contributed by atoms with Gasteiger partial charge in [0.1, 0.15) is 11.7 Å². The van der Waals surface area contributed by atoms with Crippen LogP contribution in [0.3, 0.4) is 0 Å².